The number of rotatable bonds is 9. The number of amidine groups is 1. The number of aromatic nitrogens is 2. The Morgan fingerprint density at radius 3 is 2.52 bits per heavy atom. The number of nitrogens with zero attached hydrogens (tertiary/aromatic N) is 5. The van der Waals surface area contributed by atoms with Crippen LogP contribution >= 0.6 is 23.1 Å². The molecule has 0 saturated carbocycles. The first-order chi connectivity index (χ1) is 19.2. The van der Waals surface area contributed by atoms with Crippen molar-refractivity contribution in [1.29, 1.82) is 0 Å². The third-order valence-electron chi connectivity index (χ3n) is 5.62. The average molecular weight is 593 g/mol. The van der Waals surface area contributed by atoms with E-state index in [1.54, 1.807) is 48.0 Å². The molecule has 1 amide bonds. The van der Waals surface area contributed by atoms with Crippen molar-refractivity contribution in [2.75, 3.05) is 11.3 Å². The summed E-state index contributed by atoms with van der Waals surface area (Å²) >= 11 is 2.36. The molecule has 0 spiro atoms. The van der Waals surface area contributed by atoms with E-state index in [-0.39, 0.29) is 28.2 Å². The molecule has 0 atom stereocenters. The lowest BCUT2D eigenvalue weighted by Crippen LogP contribution is -2.29. The summed E-state index contributed by atoms with van der Waals surface area (Å²) in [5.74, 6) is -0.257. The maximum Gasteiger partial charge on any atom is 0.269 e. The van der Waals surface area contributed by atoms with Gasteiger partial charge in [-0.2, -0.15) is 0 Å². The Bertz CT molecular complexity index is 1740. The Hall–Kier alpha value is -4.53. The quantitative estimate of drug-likeness (QED) is 0.118. The first-order valence-corrected chi connectivity index (χ1v) is 14.8. The van der Waals surface area contributed by atoms with Crippen LogP contribution in [-0.4, -0.2) is 45.4 Å². The van der Waals surface area contributed by atoms with E-state index < -0.39 is 14.9 Å². The molecular formula is C26H20N6O5S3. The third kappa shape index (κ3) is 5.73. The molecule has 1 fully saturated rings. The molecule has 40 heavy (non-hydrogen) atoms. The summed E-state index contributed by atoms with van der Waals surface area (Å²) in [5.41, 5.74) is 1.86. The molecule has 0 radical (unpaired) electrons. The number of thiazole rings is 1. The minimum Gasteiger partial charge on any atom is -0.317 e. The van der Waals surface area contributed by atoms with Gasteiger partial charge >= 0.3 is 0 Å². The normalized spacial score (nSPS) is 15.6. The summed E-state index contributed by atoms with van der Waals surface area (Å²) in [6.07, 6.45) is 6.63. The number of hydrogen-bond donors (Lipinski definition) is 1. The van der Waals surface area contributed by atoms with Gasteiger partial charge < -0.3 is 4.57 Å². The summed E-state index contributed by atoms with van der Waals surface area (Å²) in [5, 5.41) is 13.3. The van der Waals surface area contributed by atoms with Gasteiger partial charge in [0.15, 0.2) is 10.3 Å². The second kappa shape index (κ2) is 11.3. The molecule has 1 aliphatic heterocycles. The SMILES string of the molecule is C=CCN1C(=O)C(=Cc2cccn2-c2ccc([N+](=O)[O-])cc2)SC1=Nc1ccc(S(=O)(=O)Nc2nccs2)cc1. The number of anilines is 1. The summed E-state index contributed by atoms with van der Waals surface area (Å²) in [7, 11) is -3.81. The van der Waals surface area contributed by atoms with Crippen molar-refractivity contribution in [2.45, 2.75) is 4.90 Å². The van der Waals surface area contributed by atoms with Gasteiger partial charge in [0, 0.05) is 47.8 Å². The number of nitro benzene ring substituents is 1. The first-order valence-electron chi connectivity index (χ1n) is 11.6. The highest BCUT2D eigenvalue weighted by atomic mass is 32.2. The monoisotopic (exact) mass is 592 g/mol. The van der Waals surface area contributed by atoms with Gasteiger partial charge in [-0.15, -0.1) is 17.9 Å². The topological polar surface area (TPSA) is 140 Å². The molecule has 5 rings (SSSR count). The second-order valence-corrected chi connectivity index (χ2v) is 11.8. The number of non-ortho nitro benzene ring substituents is 1. The third-order valence-corrected chi connectivity index (χ3v) is 8.80. The Labute approximate surface area is 237 Å². The number of carbonyl (C=O) groups is 1. The summed E-state index contributed by atoms with van der Waals surface area (Å²) in [6.45, 7) is 3.97. The van der Waals surface area contributed by atoms with Crippen molar-refractivity contribution in [3.63, 3.8) is 0 Å². The Balaban J connectivity index is 1.40. The maximum absolute atomic E-state index is 13.3. The van der Waals surface area contributed by atoms with Crippen LogP contribution in [0, 0.1) is 10.1 Å². The number of hydrogen-bond acceptors (Lipinski definition) is 9. The first kappa shape index (κ1) is 27.1. The zero-order valence-electron chi connectivity index (χ0n) is 20.6. The lowest BCUT2D eigenvalue weighted by molar-refractivity contribution is -0.384. The zero-order chi connectivity index (χ0) is 28.3. The molecule has 1 saturated heterocycles. The Morgan fingerprint density at radius 2 is 1.88 bits per heavy atom. The number of nitrogens with one attached hydrogen (secondary N) is 1. The van der Waals surface area contributed by atoms with Gasteiger partial charge in [0.2, 0.25) is 0 Å². The molecule has 11 nitrogen and oxygen atoms in total. The fraction of sp³-hybridized carbons (Fsp3) is 0.0385. The van der Waals surface area contributed by atoms with Gasteiger partial charge in [0.1, 0.15) is 0 Å². The fourth-order valence-corrected chi connectivity index (χ4v) is 6.54. The smallest absolute Gasteiger partial charge is 0.269 e. The molecule has 14 heteroatoms. The van der Waals surface area contributed by atoms with Crippen LogP contribution in [0.5, 0.6) is 0 Å². The maximum atomic E-state index is 13.3. The van der Waals surface area contributed by atoms with Crippen molar-refractivity contribution >= 4 is 66.8 Å². The van der Waals surface area contributed by atoms with Gasteiger partial charge in [-0.25, -0.2) is 18.4 Å². The van der Waals surface area contributed by atoms with E-state index >= 15 is 0 Å². The minimum atomic E-state index is -3.81. The zero-order valence-corrected chi connectivity index (χ0v) is 23.0. The number of aliphatic imine (C=N–C) groups is 1. The van der Waals surface area contributed by atoms with E-state index in [0.717, 1.165) is 0 Å². The lowest BCUT2D eigenvalue weighted by Gasteiger charge is -2.12. The molecule has 0 aliphatic carbocycles. The number of benzene rings is 2. The van der Waals surface area contributed by atoms with Crippen LogP contribution < -0.4 is 4.72 Å². The number of thioether (sulfide) groups is 1. The van der Waals surface area contributed by atoms with Crippen molar-refractivity contribution in [3.8, 4) is 5.69 Å². The van der Waals surface area contributed by atoms with Crippen molar-refractivity contribution in [3.05, 3.63) is 112 Å². The largest absolute Gasteiger partial charge is 0.317 e. The predicted octanol–water partition coefficient (Wildman–Crippen LogP) is 5.43. The molecule has 0 unspecified atom stereocenters. The van der Waals surface area contributed by atoms with Gasteiger partial charge in [0.25, 0.3) is 21.6 Å². The summed E-state index contributed by atoms with van der Waals surface area (Å²) in [6, 6.07) is 15.7. The molecule has 2 aromatic heterocycles. The van der Waals surface area contributed by atoms with Crippen LogP contribution in [0.4, 0.5) is 16.5 Å². The van der Waals surface area contributed by atoms with Crippen molar-refractivity contribution in [2.24, 2.45) is 4.99 Å². The predicted molar refractivity (Wildman–Crippen MR) is 156 cm³/mol. The van der Waals surface area contributed by atoms with E-state index in [1.807, 2.05) is 16.7 Å². The van der Waals surface area contributed by atoms with E-state index in [2.05, 4.69) is 21.3 Å². The molecule has 4 aromatic rings. The van der Waals surface area contributed by atoms with Crippen LogP contribution in [0.15, 0.2) is 106 Å². The summed E-state index contributed by atoms with van der Waals surface area (Å²) in [4.78, 5) is 34.3. The number of nitro groups is 1. The van der Waals surface area contributed by atoms with Gasteiger partial charge in [0.05, 0.1) is 20.4 Å². The highest BCUT2D eigenvalue weighted by Gasteiger charge is 2.33. The van der Waals surface area contributed by atoms with Crippen LogP contribution in [0.3, 0.4) is 0 Å². The van der Waals surface area contributed by atoms with Crippen LogP contribution in [0.1, 0.15) is 5.69 Å². The number of carbonyl (C=O) groups excluding carboxylic acids is 1. The highest BCUT2D eigenvalue weighted by molar-refractivity contribution is 8.18. The van der Waals surface area contributed by atoms with E-state index in [9.17, 15) is 23.3 Å². The minimum absolute atomic E-state index is 0.0142. The van der Waals surface area contributed by atoms with E-state index in [1.165, 1.54) is 58.5 Å². The van der Waals surface area contributed by atoms with Crippen molar-refractivity contribution in [1.82, 2.24) is 14.5 Å². The van der Waals surface area contributed by atoms with Crippen LogP contribution in [0.25, 0.3) is 11.8 Å². The Morgan fingerprint density at radius 1 is 1.12 bits per heavy atom. The average Bonchev–Trinajstić information content (AvgIpc) is 3.68. The van der Waals surface area contributed by atoms with Gasteiger partial charge in [-0.1, -0.05) is 6.08 Å². The van der Waals surface area contributed by atoms with E-state index in [0.29, 0.717) is 27.1 Å². The van der Waals surface area contributed by atoms with E-state index in [4.69, 9.17) is 0 Å². The molecule has 0 bridgehead atoms. The van der Waals surface area contributed by atoms with Crippen LogP contribution in [0.2, 0.25) is 0 Å². The van der Waals surface area contributed by atoms with Crippen molar-refractivity contribution < 1.29 is 18.1 Å². The van der Waals surface area contributed by atoms with Gasteiger partial charge in [-0.05, 0) is 66.4 Å². The molecular weight excluding hydrogens is 573 g/mol. The Kier molecular flexibility index (Phi) is 7.64. The molecule has 2 aromatic carbocycles. The standard InChI is InChI=1S/C26H20N6O5S3/c1-2-14-31-24(33)23(17-21-4-3-15-30(21)19-7-9-20(10-8-19)32(34)35)39-26(31)28-18-5-11-22(12-6-18)40(36,37)29-25-27-13-16-38-25/h2-13,15-17H,1,14H2,(H,27,29). The number of sulfonamides is 1. The molecule has 1 aliphatic rings. The van der Waals surface area contributed by atoms with Crippen LogP contribution in [-0.2, 0) is 14.8 Å². The number of amides is 1. The highest BCUT2D eigenvalue weighted by Crippen LogP contribution is 2.35. The fourth-order valence-electron chi connectivity index (χ4n) is 3.76. The lowest BCUT2D eigenvalue weighted by atomic mass is 10.2. The molecule has 202 valence electrons. The summed E-state index contributed by atoms with van der Waals surface area (Å²) < 4.78 is 29.5. The second-order valence-electron chi connectivity index (χ2n) is 8.22. The molecule has 1 N–H and O–H groups in total. The molecule has 3 heterocycles. The van der Waals surface area contributed by atoms with Gasteiger partial charge in [-0.3, -0.25) is 24.5 Å².